The van der Waals surface area contributed by atoms with Crippen molar-refractivity contribution in [2.45, 2.75) is 12.6 Å². The molecule has 0 saturated carbocycles. The third-order valence-corrected chi connectivity index (χ3v) is 2.26. The van der Waals surface area contributed by atoms with Crippen LogP contribution in [0.3, 0.4) is 0 Å². The molecule has 0 aliphatic heterocycles. The number of halogens is 3. The molecule has 1 aromatic carbocycles. The smallest absolute Gasteiger partial charge is 0.393 e. The molecule has 0 bridgehead atoms. The molecule has 100 valence electrons. The van der Waals surface area contributed by atoms with Crippen LogP contribution in [0.15, 0.2) is 42.6 Å². The summed E-state index contributed by atoms with van der Waals surface area (Å²) in [5, 5.41) is 9.09. The highest BCUT2D eigenvalue weighted by Gasteiger charge is 2.27. The molecule has 0 radical (unpaired) electrons. The van der Waals surface area contributed by atoms with E-state index in [2.05, 4.69) is 4.98 Å². The number of aromatic hydroxyl groups is 1. The number of ether oxygens (including phenoxy) is 1. The van der Waals surface area contributed by atoms with Crippen molar-refractivity contribution >= 4 is 0 Å². The van der Waals surface area contributed by atoms with Crippen molar-refractivity contribution in [1.82, 2.24) is 4.98 Å². The molecule has 0 amide bonds. The molecule has 3 nitrogen and oxygen atoms in total. The van der Waals surface area contributed by atoms with Crippen molar-refractivity contribution in [2.24, 2.45) is 0 Å². The lowest BCUT2D eigenvalue weighted by molar-refractivity contribution is -0.127. The molecule has 1 heterocycles. The summed E-state index contributed by atoms with van der Waals surface area (Å²) < 4.78 is 41.7. The molecule has 1 aromatic heterocycles. The predicted molar refractivity (Wildman–Crippen MR) is 62.2 cm³/mol. The lowest BCUT2D eigenvalue weighted by Crippen LogP contribution is -2.11. The second-order valence-electron chi connectivity index (χ2n) is 3.89. The summed E-state index contributed by atoms with van der Waals surface area (Å²) in [5.74, 6) is 0.728. The van der Waals surface area contributed by atoms with Crippen molar-refractivity contribution < 1.29 is 23.0 Å². The van der Waals surface area contributed by atoms with Crippen LogP contribution >= 0.6 is 0 Å². The number of benzene rings is 1. The SMILES string of the molecule is Oc1ccc(Oc2ccc(CC(F)(F)F)cn2)cc1. The summed E-state index contributed by atoms with van der Waals surface area (Å²) in [6.07, 6.45) is -4.14. The van der Waals surface area contributed by atoms with Crippen LogP contribution in [-0.4, -0.2) is 16.3 Å². The van der Waals surface area contributed by atoms with Crippen molar-refractivity contribution in [3.63, 3.8) is 0 Å². The third-order valence-electron chi connectivity index (χ3n) is 2.26. The molecule has 1 N–H and O–H groups in total. The van der Waals surface area contributed by atoms with Crippen molar-refractivity contribution in [3.8, 4) is 17.4 Å². The van der Waals surface area contributed by atoms with E-state index in [0.717, 1.165) is 6.20 Å². The minimum atomic E-state index is -4.25. The van der Waals surface area contributed by atoms with E-state index >= 15 is 0 Å². The van der Waals surface area contributed by atoms with Crippen molar-refractivity contribution in [2.75, 3.05) is 0 Å². The van der Waals surface area contributed by atoms with Crippen LogP contribution in [0, 0.1) is 0 Å². The maximum Gasteiger partial charge on any atom is 0.393 e. The summed E-state index contributed by atoms with van der Waals surface area (Å²) >= 11 is 0. The predicted octanol–water partition coefficient (Wildman–Crippen LogP) is 3.68. The highest BCUT2D eigenvalue weighted by Crippen LogP contribution is 2.24. The van der Waals surface area contributed by atoms with Gasteiger partial charge in [-0.1, -0.05) is 6.07 Å². The monoisotopic (exact) mass is 269 g/mol. The van der Waals surface area contributed by atoms with Gasteiger partial charge in [-0.3, -0.25) is 0 Å². The summed E-state index contributed by atoms with van der Waals surface area (Å²) in [4.78, 5) is 3.80. The van der Waals surface area contributed by atoms with E-state index in [-0.39, 0.29) is 17.2 Å². The summed E-state index contributed by atoms with van der Waals surface area (Å²) in [6.45, 7) is 0. The number of pyridine rings is 1. The first-order valence-electron chi connectivity index (χ1n) is 5.41. The third kappa shape index (κ3) is 4.17. The standard InChI is InChI=1S/C13H10F3NO2/c14-13(15,16)7-9-1-6-12(17-8-9)19-11-4-2-10(18)3-5-11/h1-6,8,18H,7H2. The van der Waals surface area contributed by atoms with E-state index in [1.165, 1.54) is 36.4 Å². The first-order valence-corrected chi connectivity index (χ1v) is 5.41. The van der Waals surface area contributed by atoms with Gasteiger partial charge in [0, 0.05) is 12.3 Å². The Bertz CT molecular complexity index is 535. The Kier molecular flexibility index (Phi) is 3.59. The van der Waals surface area contributed by atoms with Crippen LogP contribution in [0.5, 0.6) is 17.4 Å². The van der Waals surface area contributed by atoms with Gasteiger partial charge in [0.25, 0.3) is 0 Å². The molecule has 2 rings (SSSR count). The van der Waals surface area contributed by atoms with E-state index in [0.29, 0.717) is 5.75 Å². The van der Waals surface area contributed by atoms with Gasteiger partial charge in [-0.15, -0.1) is 0 Å². The minimum Gasteiger partial charge on any atom is -0.508 e. The van der Waals surface area contributed by atoms with Crippen LogP contribution in [-0.2, 0) is 6.42 Å². The van der Waals surface area contributed by atoms with Crippen LogP contribution in [0.4, 0.5) is 13.2 Å². The van der Waals surface area contributed by atoms with Crippen LogP contribution in [0.2, 0.25) is 0 Å². The van der Waals surface area contributed by atoms with Gasteiger partial charge in [-0.2, -0.15) is 13.2 Å². The Morgan fingerprint density at radius 3 is 2.26 bits per heavy atom. The fraction of sp³-hybridized carbons (Fsp3) is 0.154. The van der Waals surface area contributed by atoms with Crippen LogP contribution < -0.4 is 4.74 Å². The Balaban J connectivity index is 2.04. The summed E-state index contributed by atoms with van der Waals surface area (Å²) in [5.41, 5.74) is 0.0746. The number of alkyl halides is 3. The molecule has 0 fully saturated rings. The second-order valence-corrected chi connectivity index (χ2v) is 3.89. The van der Waals surface area contributed by atoms with Gasteiger partial charge < -0.3 is 9.84 Å². The highest BCUT2D eigenvalue weighted by molar-refractivity contribution is 5.33. The minimum absolute atomic E-state index is 0.0746. The first-order chi connectivity index (χ1) is 8.92. The van der Waals surface area contributed by atoms with Gasteiger partial charge in [0.15, 0.2) is 0 Å². The molecule has 0 saturated heterocycles. The van der Waals surface area contributed by atoms with E-state index in [1.807, 2.05) is 0 Å². The van der Waals surface area contributed by atoms with Gasteiger partial charge in [-0.05, 0) is 29.8 Å². The molecular weight excluding hydrogens is 259 g/mol. The molecule has 0 aliphatic carbocycles. The molecule has 0 spiro atoms. The zero-order valence-corrected chi connectivity index (χ0v) is 9.69. The highest BCUT2D eigenvalue weighted by atomic mass is 19.4. The molecule has 2 aromatic rings. The molecular formula is C13H10F3NO2. The number of rotatable bonds is 3. The quantitative estimate of drug-likeness (QED) is 0.924. The van der Waals surface area contributed by atoms with Crippen molar-refractivity contribution in [1.29, 1.82) is 0 Å². The average Bonchev–Trinajstić information content (AvgIpc) is 2.33. The number of aromatic nitrogens is 1. The first kappa shape index (κ1) is 13.2. The maximum atomic E-state index is 12.1. The number of hydrogen-bond donors (Lipinski definition) is 1. The number of hydrogen-bond acceptors (Lipinski definition) is 3. The zero-order valence-electron chi connectivity index (χ0n) is 9.69. The van der Waals surface area contributed by atoms with Gasteiger partial charge in [0.1, 0.15) is 11.5 Å². The lowest BCUT2D eigenvalue weighted by Gasteiger charge is -2.07. The van der Waals surface area contributed by atoms with Gasteiger partial charge >= 0.3 is 6.18 Å². The Morgan fingerprint density at radius 2 is 1.74 bits per heavy atom. The second kappa shape index (κ2) is 5.17. The maximum absolute atomic E-state index is 12.1. The van der Waals surface area contributed by atoms with E-state index in [1.54, 1.807) is 0 Å². The summed E-state index contributed by atoms with van der Waals surface area (Å²) in [7, 11) is 0. The van der Waals surface area contributed by atoms with Crippen molar-refractivity contribution in [3.05, 3.63) is 48.2 Å². The average molecular weight is 269 g/mol. The number of phenols is 1. The Hall–Kier alpha value is -2.24. The van der Waals surface area contributed by atoms with E-state index < -0.39 is 12.6 Å². The van der Waals surface area contributed by atoms with Gasteiger partial charge in [0.2, 0.25) is 5.88 Å². The fourth-order valence-electron chi connectivity index (χ4n) is 1.44. The Morgan fingerprint density at radius 1 is 1.05 bits per heavy atom. The van der Waals surface area contributed by atoms with E-state index in [4.69, 9.17) is 9.84 Å². The molecule has 6 heteroatoms. The molecule has 19 heavy (non-hydrogen) atoms. The topological polar surface area (TPSA) is 42.4 Å². The zero-order chi connectivity index (χ0) is 13.9. The fourth-order valence-corrected chi connectivity index (χ4v) is 1.44. The number of nitrogens with zero attached hydrogens (tertiary/aromatic N) is 1. The largest absolute Gasteiger partial charge is 0.508 e. The van der Waals surface area contributed by atoms with Crippen LogP contribution in [0.1, 0.15) is 5.56 Å². The van der Waals surface area contributed by atoms with Crippen LogP contribution in [0.25, 0.3) is 0 Å². The number of phenolic OH excluding ortho intramolecular Hbond substituents is 1. The molecule has 0 atom stereocenters. The summed E-state index contributed by atoms with van der Waals surface area (Å²) in [6, 6.07) is 8.62. The molecule has 0 unspecified atom stereocenters. The normalized spacial score (nSPS) is 11.3. The molecule has 0 aliphatic rings. The Labute approximate surface area is 107 Å². The van der Waals surface area contributed by atoms with E-state index in [9.17, 15) is 13.2 Å². The van der Waals surface area contributed by atoms with Gasteiger partial charge in [-0.25, -0.2) is 4.98 Å². The van der Waals surface area contributed by atoms with Gasteiger partial charge in [0.05, 0.1) is 6.42 Å². The lowest BCUT2D eigenvalue weighted by atomic mass is 10.2.